The summed E-state index contributed by atoms with van der Waals surface area (Å²) in [5, 5.41) is 6.50. The number of nitrogens with one attached hydrogen (secondary N) is 2. The number of carbonyl (C=O) groups is 1. The summed E-state index contributed by atoms with van der Waals surface area (Å²) in [6.45, 7) is 0. The van der Waals surface area contributed by atoms with E-state index in [1.54, 1.807) is 0 Å². The Kier molecular flexibility index (Phi) is 5.02. The quantitative estimate of drug-likeness (QED) is 0.831. The Hall–Kier alpha value is -2.18. The lowest BCUT2D eigenvalue weighted by Crippen LogP contribution is -2.39. The average Bonchev–Trinajstić information content (AvgIpc) is 3.44. The molecule has 1 saturated heterocycles. The highest BCUT2D eigenvalue weighted by Gasteiger charge is 2.40. The fourth-order valence-corrected chi connectivity index (χ4v) is 5.20. The lowest BCUT2D eigenvalue weighted by atomic mass is 10.1. The van der Waals surface area contributed by atoms with Crippen LogP contribution in [0.3, 0.4) is 0 Å². The standard InChI is InChI=1S/C21H24N2O3S/c24-21(23-17-4-2-1-3-5-17)16-8-6-15(7-9-16)19-14-20(19)22-18-10-12-27(25,26)13-11-18/h1-9,18-20,22H,10-14H2,(H,23,24). The van der Waals surface area contributed by atoms with Crippen LogP contribution in [-0.2, 0) is 9.84 Å². The van der Waals surface area contributed by atoms with Gasteiger partial charge in [0.25, 0.3) is 5.91 Å². The molecule has 2 N–H and O–H groups in total. The number of anilines is 1. The number of para-hydroxylation sites is 1. The number of carbonyl (C=O) groups excluding carboxylic acids is 1. The molecule has 2 aliphatic rings. The van der Waals surface area contributed by atoms with Crippen molar-refractivity contribution in [2.24, 2.45) is 0 Å². The lowest BCUT2D eigenvalue weighted by Gasteiger charge is -2.23. The van der Waals surface area contributed by atoms with Gasteiger partial charge in [0.15, 0.2) is 0 Å². The van der Waals surface area contributed by atoms with Crippen molar-refractivity contribution in [3.8, 4) is 0 Å². The van der Waals surface area contributed by atoms with E-state index in [-0.39, 0.29) is 5.91 Å². The van der Waals surface area contributed by atoms with Crippen LogP contribution in [0, 0.1) is 0 Å². The van der Waals surface area contributed by atoms with Gasteiger partial charge < -0.3 is 10.6 Å². The molecule has 1 heterocycles. The minimum atomic E-state index is -2.81. The van der Waals surface area contributed by atoms with Crippen LogP contribution < -0.4 is 10.6 Å². The van der Waals surface area contributed by atoms with Gasteiger partial charge in [0.05, 0.1) is 11.5 Å². The Morgan fingerprint density at radius 1 is 0.926 bits per heavy atom. The predicted molar refractivity (Wildman–Crippen MR) is 107 cm³/mol. The molecule has 1 aliphatic heterocycles. The monoisotopic (exact) mass is 384 g/mol. The molecular formula is C21H24N2O3S. The molecule has 1 amide bonds. The van der Waals surface area contributed by atoms with Crippen molar-refractivity contribution < 1.29 is 13.2 Å². The Balaban J connectivity index is 1.30. The highest BCUT2D eigenvalue weighted by atomic mass is 32.2. The van der Waals surface area contributed by atoms with Crippen molar-refractivity contribution in [2.45, 2.75) is 37.3 Å². The maximum absolute atomic E-state index is 12.3. The summed E-state index contributed by atoms with van der Waals surface area (Å²) in [7, 11) is -2.81. The van der Waals surface area contributed by atoms with Crippen LogP contribution in [0.1, 0.15) is 41.1 Å². The molecule has 0 bridgehead atoms. The predicted octanol–water partition coefficient (Wildman–Crippen LogP) is 2.96. The van der Waals surface area contributed by atoms with Gasteiger partial charge in [-0.25, -0.2) is 8.42 Å². The molecule has 2 atom stereocenters. The summed E-state index contributed by atoms with van der Waals surface area (Å²) in [5.74, 6) is 0.942. The van der Waals surface area contributed by atoms with Crippen LogP contribution in [0.4, 0.5) is 5.69 Å². The zero-order valence-corrected chi connectivity index (χ0v) is 15.9. The van der Waals surface area contributed by atoms with Gasteiger partial charge in [0.2, 0.25) is 0 Å². The Morgan fingerprint density at radius 3 is 2.26 bits per heavy atom. The zero-order chi connectivity index (χ0) is 18.9. The van der Waals surface area contributed by atoms with Gasteiger partial charge in [0, 0.05) is 29.3 Å². The second-order valence-electron chi connectivity index (χ2n) is 7.48. The van der Waals surface area contributed by atoms with Gasteiger partial charge in [-0.2, -0.15) is 0 Å². The summed E-state index contributed by atoms with van der Waals surface area (Å²) in [6, 6.07) is 17.9. The first-order chi connectivity index (χ1) is 13.0. The Labute approximate surface area is 160 Å². The van der Waals surface area contributed by atoms with Crippen molar-refractivity contribution in [1.29, 1.82) is 0 Å². The number of benzene rings is 2. The molecule has 27 heavy (non-hydrogen) atoms. The normalized spacial score (nSPS) is 24.3. The minimum Gasteiger partial charge on any atom is -0.322 e. The highest BCUT2D eigenvalue weighted by molar-refractivity contribution is 7.91. The molecule has 1 saturated carbocycles. The average molecular weight is 385 g/mol. The maximum atomic E-state index is 12.3. The van der Waals surface area contributed by atoms with Crippen LogP contribution >= 0.6 is 0 Å². The van der Waals surface area contributed by atoms with E-state index in [1.807, 2.05) is 54.6 Å². The zero-order valence-electron chi connectivity index (χ0n) is 15.1. The van der Waals surface area contributed by atoms with Gasteiger partial charge in [-0.05, 0) is 49.1 Å². The molecule has 142 valence electrons. The molecule has 2 unspecified atom stereocenters. The van der Waals surface area contributed by atoms with Crippen molar-refractivity contribution in [3.63, 3.8) is 0 Å². The third kappa shape index (κ3) is 4.57. The molecule has 0 radical (unpaired) electrons. The van der Waals surface area contributed by atoms with E-state index >= 15 is 0 Å². The summed E-state index contributed by atoms with van der Waals surface area (Å²) in [6.07, 6.45) is 2.49. The van der Waals surface area contributed by atoms with Crippen molar-refractivity contribution in [3.05, 3.63) is 65.7 Å². The van der Waals surface area contributed by atoms with E-state index in [1.165, 1.54) is 5.56 Å². The number of hydrogen-bond acceptors (Lipinski definition) is 4. The van der Waals surface area contributed by atoms with E-state index in [9.17, 15) is 13.2 Å². The molecule has 2 aromatic rings. The number of sulfone groups is 1. The summed E-state index contributed by atoms with van der Waals surface area (Å²) in [5.41, 5.74) is 2.66. The molecule has 0 spiro atoms. The van der Waals surface area contributed by atoms with E-state index in [0.29, 0.717) is 47.9 Å². The lowest BCUT2D eigenvalue weighted by molar-refractivity contribution is 0.102. The van der Waals surface area contributed by atoms with Gasteiger partial charge in [-0.15, -0.1) is 0 Å². The van der Waals surface area contributed by atoms with E-state index in [4.69, 9.17) is 0 Å². The topological polar surface area (TPSA) is 75.3 Å². The largest absolute Gasteiger partial charge is 0.322 e. The molecule has 5 nitrogen and oxygen atoms in total. The van der Waals surface area contributed by atoms with Crippen LogP contribution in [0.25, 0.3) is 0 Å². The Bertz CT molecular complexity index is 896. The van der Waals surface area contributed by atoms with Crippen molar-refractivity contribution >= 4 is 21.4 Å². The second-order valence-corrected chi connectivity index (χ2v) is 9.79. The first-order valence-corrected chi connectivity index (χ1v) is 11.3. The molecule has 4 rings (SSSR count). The number of hydrogen-bond donors (Lipinski definition) is 2. The third-order valence-electron chi connectivity index (χ3n) is 5.43. The number of amides is 1. The van der Waals surface area contributed by atoms with Gasteiger partial charge in [-0.1, -0.05) is 30.3 Å². The minimum absolute atomic E-state index is 0.110. The molecule has 1 aliphatic carbocycles. The maximum Gasteiger partial charge on any atom is 0.255 e. The molecular weight excluding hydrogens is 360 g/mol. The van der Waals surface area contributed by atoms with Crippen LogP contribution in [-0.4, -0.2) is 37.9 Å². The van der Waals surface area contributed by atoms with Gasteiger partial charge >= 0.3 is 0 Å². The van der Waals surface area contributed by atoms with Crippen LogP contribution in [0.15, 0.2) is 54.6 Å². The van der Waals surface area contributed by atoms with Gasteiger partial charge in [0.1, 0.15) is 9.84 Å². The highest BCUT2D eigenvalue weighted by Crippen LogP contribution is 2.41. The van der Waals surface area contributed by atoms with Crippen molar-refractivity contribution in [1.82, 2.24) is 5.32 Å². The molecule has 0 aromatic heterocycles. The van der Waals surface area contributed by atoms with Crippen molar-refractivity contribution in [2.75, 3.05) is 16.8 Å². The fraction of sp³-hybridized carbons (Fsp3) is 0.381. The summed E-state index contributed by atoms with van der Waals surface area (Å²) < 4.78 is 23.1. The third-order valence-corrected chi connectivity index (χ3v) is 7.14. The van der Waals surface area contributed by atoms with E-state index < -0.39 is 9.84 Å². The summed E-state index contributed by atoms with van der Waals surface area (Å²) in [4.78, 5) is 12.3. The van der Waals surface area contributed by atoms with E-state index in [2.05, 4.69) is 10.6 Å². The van der Waals surface area contributed by atoms with Crippen LogP contribution in [0.5, 0.6) is 0 Å². The smallest absolute Gasteiger partial charge is 0.255 e. The SMILES string of the molecule is O=C(Nc1ccccc1)c1ccc(C2CC2NC2CCS(=O)(=O)CC2)cc1. The fourth-order valence-electron chi connectivity index (χ4n) is 3.71. The molecule has 2 aromatic carbocycles. The van der Waals surface area contributed by atoms with Crippen LogP contribution in [0.2, 0.25) is 0 Å². The first kappa shape index (κ1) is 18.2. The molecule has 6 heteroatoms. The van der Waals surface area contributed by atoms with Gasteiger partial charge in [-0.3, -0.25) is 4.79 Å². The number of rotatable bonds is 5. The first-order valence-electron chi connectivity index (χ1n) is 9.43. The Morgan fingerprint density at radius 2 is 1.59 bits per heavy atom. The second kappa shape index (κ2) is 7.44. The molecule has 2 fully saturated rings. The van der Waals surface area contributed by atoms with E-state index in [0.717, 1.165) is 12.1 Å². The summed E-state index contributed by atoms with van der Waals surface area (Å²) >= 11 is 0.